The molecule has 0 bridgehead atoms. The minimum atomic E-state index is 0. The molecule has 31 heavy (non-hydrogen) atoms. The van der Waals surface area contributed by atoms with Crippen LogP contribution in [0.4, 0.5) is 0 Å². The SMILES string of the molecule is COc1ccc(CCNCc2cc(Cl)c(OCc3ccc(Cl)cc3)c(OC)c2)cc1.Cl. The van der Waals surface area contributed by atoms with Gasteiger partial charge in [0.15, 0.2) is 11.5 Å². The first kappa shape index (κ1) is 25.2. The van der Waals surface area contributed by atoms with E-state index in [1.807, 2.05) is 48.5 Å². The molecule has 0 spiro atoms. The average molecular weight is 483 g/mol. The van der Waals surface area contributed by atoms with E-state index >= 15 is 0 Å². The summed E-state index contributed by atoms with van der Waals surface area (Å²) in [6.07, 6.45) is 0.928. The lowest BCUT2D eigenvalue weighted by molar-refractivity contribution is 0.284. The van der Waals surface area contributed by atoms with Crippen molar-refractivity contribution < 1.29 is 14.2 Å². The Balaban J connectivity index is 0.00000341. The van der Waals surface area contributed by atoms with Crippen LogP contribution < -0.4 is 19.5 Å². The lowest BCUT2D eigenvalue weighted by Crippen LogP contribution is -2.16. The smallest absolute Gasteiger partial charge is 0.180 e. The molecular formula is C24H26Cl3NO3. The van der Waals surface area contributed by atoms with Gasteiger partial charge >= 0.3 is 0 Å². The van der Waals surface area contributed by atoms with Crippen molar-refractivity contribution in [2.45, 2.75) is 19.6 Å². The molecule has 0 atom stereocenters. The lowest BCUT2D eigenvalue weighted by atomic mass is 10.1. The molecule has 0 aromatic heterocycles. The molecule has 1 N–H and O–H groups in total. The fraction of sp³-hybridized carbons (Fsp3) is 0.250. The standard InChI is InChI=1S/C24H25Cl2NO3.ClH/c1-28-21-9-5-17(6-10-21)11-12-27-15-19-13-22(26)24(23(14-19)29-2)30-16-18-3-7-20(25)8-4-18;/h3-10,13-14,27H,11-12,15-16H2,1-2H3;1H. The number of methoxy groups -OCH3 is 2. The van der Waals surface area contributed by atoms with Gasteiger partial charge in [0.05, 0.1) is 19.2 Å². The molecule has 0 aliphatic carbocycles. The normalized spacial score (nSPS) is 10.3. The van der Waals surface area contributed by atoms with Gasteiger partial charge in [-0.15, -0.1) is 12.4 Å². The molecule has 0 fully saturated rings. The molecule has 0 amide bonds. The minimum Gasteiger partial charge on any atom is -0.497 e. The Morgan fingerprint density at radius 3 is 2.13 bits per heavy atom. The van der Waals surface area contributed by atoms with E-state index in [1.54, 1.807) is 14.2 Å². The average Bonchev–Trinajstić information content (AvgIpc) is 2.77. The summed E-state index contributed by atoms with van der Waals surface area (Å²) < 4.78 is 16.6. The van der Waals surface area contributed by atoms with Crippen molar-refractivity contribution in [3.63, 3.8) is 0 Å². The zero-order valence-electron chi connectivity index (χ0n) is 17.5. The second-order valence-electron chi connectivity index (χ2n) is 6.80. The largest absolute Gasteiger partial charge is 0.497 e. The highest BCUT2D eigenvalue weighted by Crippen LogP contribution is 2.37. The summed E-state index contributed by atoms with van der Waals surface area (Å²) in [5.74, 6) is 2.02. The number of rotatable bonds is 10. The number of hydrogen-bond acceptors (Lipinski definition) is 4. The monoisotopic (exact) mass is 481 g/mol. The van der Waals surface area contributed by atoms with Gasteiger partial charge in [-0.1, -0.05) is 47.5 Å². The zero-order chi connectivity index (χ0) is 21.3. The van der Waals surface area contributed by atoms with E-state index in [4.69, 9.17) is 37.4 Å². The van der Waals surface area contributed by atoms with Crippen LogP contribution in [0.3, 0.4) is 0 Å². The Morgan fingerprint density at radius 2 is 1.48 bits per heavy atom. The van der Waals surface area contributed by atoms with Crippen LogP contribution in [-0.4, -0.2) is 20.8 Å². The van der Waals surface area contributed by atoms with Gasteiger partial charge in [-0.3, -0.25) is 0 Å². The quantitative estimate of drug-likeness (QED) is 0.342. The van der Waals surface area contributed by atoms with Crippen molar-refractivity contribution in [1.29, 1.82) is 0 Å². The first-order valence-corrected chi connectivity index (χ1v) is 10.4. The molecule has 3 rings (SSSR count). The molecule has 0 unspecified atom stereocenters. The Bertz CT molecular complexity index is 948. The molecule has 0 heterocycles. The summed E-state index contributed by atoms with van der Waals surface area (Å²) in [4.78, 5) is 0. The van der Waals surface area contributed by atoms with E-state index < -0.39 is 0 Å². The van der Waals surface area contributed by atoms with Crippen LogP contribution in [0.5, 0.6) is 17.2 Å². The van der Waals surface area contributed by atoms with Gasteiger partial charge in [-0.2, -0.15) is 0 Å². The maximum Gasteiger partial charge on any atom is 0.180 e. The summed E-state index contributed by atoms with van der Waals surface area (Å²) in [5, 5.41) is 4.66. The summed E-state index contributed by atoms with van der Waals surface area (Å²) in [5.41, 5.74) is 3.29. The van der Waals surface area contributed by atoms with E-state index in [1.165, 1.54) is 5.56 Å². The number of hydrogen-bond donors (Lipinski definition) is 1. The van der Waals surface area contributed by atoms with Crippen LogP contribution in [0.2, 0.25) is 10.0 Å². The van der Waals surface area contributed by atoms with Gasteiger partial charge in [0.2, 0.25) is 0 Å². The van der Waals surface area contributed by atoms with Gasteiger partial charge in [0.25, 0.3) is 0 Å². The molecule has 0 aliphatic heterocycles. The molecule has 3 aromatic rings. The van der Waals surface area contributed by atoms with Crippen LogP contribution in [-0.2, 0) is 19.6 Å². The molecule has 166 valence electrons. The van der Waals surface area contributed by atoms with Gasteiger partial charge in [-0.05, 0) is 66.1 Å². The minimum absolute atomic E-state index is 0. The molecule has 0 aliphatic rings. The van der Waals surface area contributed by atoms with Crippen molar-refractivity contribution in [1.82, 2.24) is 5.32 Å². The van der Waals surface area contributed by atoms with E-state index in [0.29, 0.717) is 34.7 Å². The summed E-state index contributed by atoms with van der Waals surface area (Å²) in [6, 6.07) is 19.5. The highest BCUT2D eigenvalue weighted by molar-refractivity contribution is 6.32. The Kier molecular flexibility index (Phi) is 10.3. The molecule has 4 nitrogen and oxygen atoms in total. The zero-order valence-corrected chi connectivity index (χ0v) is 19.8. The predicted molar refractivity (Wildman–Crippen MR) is 129 cm³/mol. The molecule has 0 saturated heterocycles. The van der Waals surface area contributed by atoms with E-state index in [9.17, 15) is 0 Å². The summed E-state index contributed by atoms with van der Waals surface area (Å²) in [7, 11) is 3.28. The molecule has 3 aromatic carbocycles. The van der Waals surface area contributed by atoms with Crippen LogP contribution in [0.1, 0.15) is 16.7 Å². The van der Waals surface area contributed by atoms with Crippen molar-refractivity contribution in [2.24, 2.45) is 0 Å². The van der Waals surface area contributed by atoms with Gasteiger partial charge in [-0.25, -0.2) is 0 Å². The van der Waals surface area contributed by atoms with Gasteiger partial charge in [0, 0.05) is 11.6 Å². The van der Waals surface area contributed by atoms with Crippen molar-refractivity contribution in [3.05, 3.63) is 87.4 Å². The topological polar surface area (TPSA) is 39.7 Å². The van der Waals surface area contributed by atoms with Crippen LogP contribution in [0.25, 0.3) is 0 Å². The number of ether oxygens (including phenoxy) is 3. The summed E-state index contributed by atoms with van der Waals surface area (Å²) in [6.45, 7) is 1.91. The first-order valence-electron chi connectivity index (χ1n) is 9.66. The number of benzene rings is 3. The Hall–Kier alpha value is -2.11. The number of nitrogens with one attached hydrogen (secondary N) is 1. The van der Waals surface area contributed by atoms with Gasteiger partial charge < -0.3 is 19.5 Å². The third kappa shape index (κ3) is 7.51. The van der Waals surface area contributed by atoms with Crippen molar-refractivity contribution in [2.75, 3.05) is 20.8 Å². The van der Waals surface area contributed by atoms with E-state index in [-0.39, 0.29) is 12.4 Å². The lowest BCUT2D eigenvalue weighted by Gasteiger charge is -2.15. The van der Waals surface area contributed by atoms with Crippen molar-refractivity contribution >= 4 is 35.6 Å². The number of halogens is 3. The highest BCUT2D eigenvalue weighted by Gasteiger charge is 2.12. The highest BCUT2D eigenvalue weighted by atomic mass is 35.5. The first-order chi connectivity index (χ1) is 14.6. The van der Waals surface area contributed by atoms with Crippen molar-refractivity contribution in [3.8, 4) is 17.2 Å². The maximum absolute atomic E-state index is 6.48. The summed E-state index contributed by atoms with van der Waals surface area (Å²) >= 11 is 12.4. The molecule has 0 radical (unpaired) electrons. The maximum atomic E-state index is 6.48. The molecule has 7 heteroatoms. The fourth-order valence-electron chi connectivity index (χ4n) is 3.01. The second kappa shape index (κ2) is 12.7. The predicted octanol–water partition coefficient (Wildman–Crippen LogP) is 6.34. The van der Waals surface area contributed by atoms with Gasteiger partial charge in [0.1, 0.15) is 12.4 Å². The Morgan fingerprint density at radius 1 is 0.806 bits per heavy atom. The van der Waals surface area contributed by atoms with Crippen LogP contribution in [0, 0.1) is 0 Å². The van der Waals surface area contributed by atoms with E-state index in [0.717, 1.165) is 29.8 Å². The molecule has 0 saturated carbocycles. The third-order valence-electron chi connectivity index (χ3n) is 4.66. The van der Waals surface area contributed by atoms with Crippen LogP contribution >= 0.6 is 35.6 Å². The Labute approximate surface area is 199 Å². The van der Waals surface area contributed by atoms with Crippen LogP contribution in [0.15, 0.2) is 60.7 Å². The second-order valence-corrected chi connectivity index (χ2v) is 7.64. The fourth-order valence-corrected chi connectivity index (χ4v) is 3.42. The third-order valence-corrected chi connectivity index (χ3v) is 5.20. The van der Waals surface area contributed by atoms with E-state index in [2.05, 4.69) is 17.4 Å². The molecular weight excluding hydrogens is 457 g/mol.